The van der Waals surface area contributed by atoms with Gasteiger partial charge in [-0.3, -0.25) is 4.98 Å². The van der Waals surface area contributed by atoms with Crippen LogP contribution in [0.1, 0.15) is 18.2 Å². The summed E-state index contributed by atoms with van der Waals surface area (Å²) in [6.07, 6.45) is 3.71. The van der Waals surface area contributed by atoms with Crippen molar-refractivity contribution in [1.82, 2.24) is 15.0 Å². The van der Waals surface area contributed by atoms with Gasteiger partial charge in [-0.05, 0) is 39.2 Å². The van der Waals surface area contributed by atoms with Gasteiger partial charge in [-0.25, -0.2) is 9.97 Å². The van der Waals surface area contributed by atoms with Crippen LogP contribution < -0.4 is 5.32 Å². The maximum atomic E-state index is 10.3. The molecule has 0 spiro atoms. The van der Waals surface area contributed by atoms with Crippen molar-refractivity contribution >= 4 is 17.6 Å². The first-order valence-electron chi connectivity index (χ1n) is 7.15. The summed E-state index contributed by atoms with van der Waals surface area (Å²) in [5.41, 5.74) is 1.85. The molecule has 0 aromatic carbocycles. The number of thioether (sulfide) groups is 1. The van der Waals surface area contributed by atoms with Gasteiger partial charge in [0.25, 0.3) is 0 Å². The summed E-state index contributed by atoms with van der Waals surface area (Å²) >= 11 is 1.62. The summed E-state index contributed by atoms with van der Waals surface area (Å²) in [6, 6.07) is 5.67. The number of aliphatic hydroxyl groups is 1. The Labute approximate surface area is 135 Å². The topological polar surface area (TPSA) is 70.9 Å². The van der Waals surface area contributed by atoms with E-state index in [0.717, 1.165) is 22.8 Å². The third kappa shape index (κ3) is 4.18. The van der Waals surface area contributed by atoms with Crippen molar-refractivity contribution in [1.29, 1.82) is 0 Å². The second kappa shape index (κ2) is 7.07. The van der Waals surface area contributed by atoms with Gasteiger partial charge < -0.3 is 10.4 Å². The van der Waals surface area contributed by atoms with E-state index >= 15 is 0 Å². The van der Waals surface area contributed by atoms with Crippen LogP contribution in [0.15, 0.2) is 24.4 Å². The van der Waals surface area contributed by atoms with E-state index in [-0.39, 0.29) is 0 Å². The highest BCUT2D eigenvalue weighted by Gasteiger charge is 2.20. The van der Waals surface area contributed by atoms with Crippen LogP contribution in [0.2, 0.25) is 0 Å². The zero-order valence-corrected chi connectivity index (χ0v) is 14.2. The minimum absolute atomic E-state index is 0.437. The normalized spacial score (nSPS) is 13.7. The number of pyridine rings is 1. The van der Waals surface area contributed by atoms with Crippen LogP contribution in [-0.2, 0) is 0 Å². The van der Waals surface area contributed by atoms with Gasteiger partial charge in [0.05, 0.1) is 5.60 Å². The molecule has 2 rings (SSSR count). The lowest BCUT2D eigenvalue weighted by molar-refractivity contribution is 0.0996. The number of hydrogen-bond donors (Lipinski definition) is 2. The molecule has 0 fully saturated rings. The highest BCUT2D eigenvalue weighted by atomic mass is 32.2. The molecule has 0 aliphatic rings. The second-order valence-electron chi connectivity index (χ2n) is 5.60. The third-order valence-corrected chi connectivity index (χ3v) is 4.29. The van der Waals surface area contributed by atoms with Crippen LogP contribution in [0.25, 0.3) is 11.5 Å². The quantitative estimate of drug-likeness (QED) is 0.853. The molecular formula is C16H22N4OS. The molecule has 1 unspecified atom stereocenters. The molecule has 0 aliphatic carbocycles. The molecule has 2 aromatic heterocycles. The Morgan fingerprint density at radius 3 is 2.68 bits per heavy atom. The van der Waals surface area contributed by atoms with E-state index in [2.05, 4.69) is 20.3 Å². The summed E-state index contributed by atoms with van der Waals surface area (Å²) < 4.78 is 0. The van der Waals surface area contributed by atoms with Gasteiger partial charge in [-0.1, -0.05) is 6.07 Å². The maximum Gasteiger partial charge on any atom is 0.180 e. The molecule has 1 atom stereocenters. The lowest BCUT2D eigenvalue weighted by Crippen LogP contribution is -2.36. The first kappa shape index (κ1) is 16.7. The average Bonchev–Trinajstić information content (AvgIpc) is 2.49. The Morgan fingerprint density at radius 1 is 1.27 bits per heavy atom. The van der Waals surface area contributed by atoms with Gasteiger partial charge in [0, 0.05) is 29.8 Å². The highest BCUT2D eigenvalue weighted by molar-refractivity contribution is 7.98. The summed E-state index contributed by atoms with van der Waals surface area (Å²) in [5, 5.41) is 13.5. The van der Waals surface area contributed by atoms with Crippen LogP contribution in [0.4, 0.5) is 5.82 Å². The maximum absolute atomic E-state index is 10.3. The van der Waals surface area contributed by atoms with Gasteiger partial charge in [-0.15, -0.1) is 0 Å². The van der Waals surface area contributed by atoms with Crippen LogP contribution >= 0.6 is 11.8 Å². The molecule has 0 bridgehead atoms. The zero-order valence-electron chi connectivity index (χ0n) is 13.4. The molecule has 5 nitrogen and oxygen atoms in total. The number of rotatable bonds is 6. The Morgan fingerprint density at radius 2 is 2.05 bits per heavy atom. The van der Waals surface area contributed by atoms with Gasteiger partial charge in [0.2, 0.25) is 0 Å². The SMILES string of the molecule is CSCC(C)(O)CNc1nc(-c2ccccn2)nc(C)c1C. The van der Waals surface area contributed by atoms with Crippen LogP contribution in [0.3, 0.4) is 0 Å². The van der Waals surface area contributed by atoms with Crippen molar-refractivity contribution in [3.63, 3.8) is 0 Å². The van der Waals surface area contributed by atoms with E-state index in [0.29, 0.717) is 18.1 Å². The minimum atomic E-state index is -0.782. The van der Waals surface area contributed by atoms with Crippen molar-refractivity contribution in [3.05, 3.63) is 35.7 Å². The summed E-state index contributed by atoms with van der Waals surface area (Å²) in [6.45, 7) is 6.18. The molecule has 2 aromatic rings. The van der Waals surface area contributed by atoms with Crippen LogP contribution in [0, 0.1) is 13.8 Å². The fourth-order valence-corrected chi connectivity index (χ4v) is 2.77. The molecule has 0 amide bonds. The number of anilines is 1. The molecule has 6 heteroatoms. The fourth-order valence-electron chi connectivity index (χ4n) is 2.05. The Balaban J connectivity index is 2.26. The second-order valence-corrected chi connectivity index (χ2v) is 6.47. The highest BCUT2D eigenvalue weighted by Crippen LogP contribution is 2.21. The van der Waals surface area contributed by atoms with Gasteiger partial charge in [0.1, 0.15) is 11.5 Å². The smallest absolute Gasteiger partial charge is 0.180 e. The van der Waals surface area contributed by atoms with Gasteiger partial charge >= 0.3 is 0 Å². The molecular weight excluding hydrogens is 296 g/mol. The number of aromatic nitrogens is 3. The van der Waals surface area contributed by atoms with E-state index in [1.54, 1.807) is 18.0 Å². The standard InChI is InChI=1S/C16H22N4OS/c1-11-12(2)19-15(13-7-5-6-8-17-13)20-14(11)18-9-16(3,21)10-22-4/h5-8,21H,9-10H2,1-4H3,(H,18,19,20). The van der Waals surface area contributed by atoms with Crippen LogP contribution in [-0.4, -0.2) is 44.2 Å². The van der Waals surface area contributed by atoms with Crippen molar-refractivity contribution in [2.45, 2.75) is 26.4 Å². The van der Waals surface area contributed by atoms with E-state index in [9.17, 15) is 5.11 Å². The molecule has 0 aliphatic heterocycles. The first-order valence-corrected chi connectivity index (χ1v) is 8.54. The molecule has 0 radical (unpaired) electrons. The molecule has 0 saturated heterocycles. The van der Waals surface area contributed by atoms with E-state index in [4.69, 9.17) is 0 Å². The summed E-state index contributed by atoms with van der Waals surface area (Å²) in [4.78, 5) is 13.4. The molecule has 2 heterocycles. The zero-order chi connectivity index (χ0) is 16.2. The molecule has 118 valence electrons. The summed E-state index contributed by atoms with van der Waals surface area (Å²) in [5.74, 6) is 2.00. The predicted octanol–water partition coefficient (Wildman–Crippen LogP) is 2.68. The average molecular weight is 318 g/mol. The van der Waals surface area contributed by atoms with Crippen molar-refractivity contribution in [3.8, 4) is 11.5 Å². The minimum Gasteiger partial charge on any atom is -0.387 e. The molecule has 0 saturated carbocycles. The van der Waals surface area contributed by atoms with E-state index in [1.807, 2.05) is 45.2 Å². The van der Waals surface area contributed by atoms with Crippen molar-refractivity contribution < 1.29 is 5.11 Å². The van der Waals surface area contributed by atoms with Crippen molar-refractivity contribution in [2.24, 2.45) is 0 Å². The van der Waals surface area contributed by atoms with Gasteiger partial charge in [0.15, 0.2) is 5.82 Å². The number of nitrogens with one attached hydrogen (secondary N) is 1. The van der Waals surface area contributed by atoms with E-state index < -0.39 is 5.60 Å². The number of nitrogens with zero attached hydrogens (tertiary/aromatic N) is 3. The fraction of sp³-hybridized carbons (Fsp3) is 0.438. The summed E-state index contributed by atoms with van der Waals surface area (Å²) in [7, 11) is 0. The van der Waals surface area contributed by atoms with E-state index in [1.165, 1.54) is 0 Å². The van der Waals surface area contributed by atoms with Crippen LogP contribution in [0.5, 0.6) is 0 Å². The van der Waals surface area contributed by atoms with Crippen molar-refractivity contribution in [2.75, 3.05) is 23.9 Å². The lowest BCUT2D eigenvalue weighted by atomic mass is 10.1. The van der Waals surface area contributed by atoms with Gasteiger partial charge in [-0.2, -0.15) is 11.8 Å². The predicted molar refractivity (Wildman–Crippen MR) is 92.2 cm³/mol. The Bertz CT molecular complexity index is 632. The first-order chi connectivity index (χ1) is 10.4. The Hall–Kier alpha value is -1.66. The number of aryl methyl sites for hydroxylation is 1. The molecule has 2 N–H and O–H groups in total. The largest absolute Gasteiger partial charge is 0.387 e. The third-order valence-electron chi connectivity index (χ3n) is 3.38. The monoisotopic (exact) mass is 318 g/mol. The lowest BCUT2D eigenvalue weighted by Gasteiger charge is -2.23. The molecule has 22 heavy (non-hydrogen) atoms. The Kier molecular flexibility index (Phi) is 5.37. The number of hydrogen-bond acceptors (Lipinski definition) is 6.